The molecule has 0 aliphatic heterocycles. The van der Waals surface area contributed by atoms with E-state index in [0.717, 1.165) is 0 Å². The number of carbonyl (C=O) groups excluding carboxylic acids is 1. The van der Waals surface area contributed by atoms with Crippen LogP contribution in [0.2, 0.25) is 0 Å². The number of benzene rings is 1. The molecule has 1 unspecified atom stereocenters. The smallest absolute Gasteiger partial charge is 0.326 e. The molecule has 0 aromatic heterocycles. The Morgan fingerprint density at radius 2 is 1.70 bits per heavy atom. The van der Waals surface area contributed by atoms with E-state index in [1.165, 1.54) is 26.4 Å². The fourth-order valence-corrected chi connectivity index (χ4v) is 2.17. The van der Waals surface area contributed by atoms with Gasteiger partial charge in [0.1, 0.15) is 6.04 Å². The largest absolute Gasteiger partial charge is 0.502 e. The van der Waals surface area contributed by atoms with Gasteiger partial charge in [-0.05, 0) is 30.0 Å². The quantitative estimate of drug-likeness (QED) is 0.670. The van der Waals surface area contributed by atoms with Gasteiger partial charge < -0.3 is 25.0 Å². The zero-order valence-corrected chi connectivity index (χ0v) is 13.8. The molecular formula is C16H23NO6. The molecular weight excluding hydrogens is 302 g/mol. The van der Waals surface area contributed by atoms with Gasteiger partial charge in [-0.15, -0.1) is 0 Å². The molecule has 0 aliphatic carbocycles. The number of hydrogen-bond donors (Lipinski definition) is 3. The third kappa shape index (κ3) is 5.36. The number of aromatic hydroxyl groups is 1. The summed E-state index contributed by atoms with van der Waals surface area (Å²) in [5.74, 6) is -1.12. The van der Waals surface area contributed by atoms with E-state index in [4.69, 9.17) is 14.6 Å². The number of aliphatic carboxylic acids is 1. The van der Waals surface area contributed by atoms with E-state index in [1.54, 1.807) is 0 Å². The highest BCUT2D eigenvalue weighted by Crippen LogP contribution is 2.37. The van der Waals surface area contributed by atoms with Crippen LogP contribution in [0, 0.1) is 5.92 Å². The van der Waals surface area contributed by atoms with Crippen molar-refractivity contribution in [2.45, 2.75) is 32.7 Å². The molecule has 0 radical (unpaired) electrons. The van der Waals surface area contributed by atoms with Crippen LogP contribution in [-0.2, 0) is 16.0 Å². The topological polar surface area (TPSA) is 105 Å². The zero-order valence-electron chi connectivity index (χ0n) is 13.8. The Labute approximate surface area is 135 Å². The number of ether oxygens (including phenoxy) is 2. The average Bonchev–Trinajstić information content (AvgIpc) is 2.47. The van der Waals surface area contributed by atoms with E-state index >= 15 is 0 Å². The molecule has 1 amide bonds. The average molecular weight is 325 g/mol. The second-order valence-corrected chi connectivity index (χ2v) is 5.61. The van der Waals surface area contributed by atoms with Gasteiger partial charge in [-0.3, -0.25) is 4.79 Å². The van der Waals surface area contributed by atoms with E-state index in [9.17, 15) is 14.7 Å². The summed E-state index contributed by atoms with van der Waals surface area (Å²) in [6, 6.07) is 2.09. The highest BCUT2D eigenvalue weighted by molar-refractivity contribution is 5.85. The molecule has 1 aromatic rings. The molecule has 0 spiro atoms. The summed E-state index contributed by atoms with van der Waals surface area (Å²) in [4.78, 5) is 23.3. The molecule has 0 saturated carbocycles. The number of nitrogens with one attached hydrogen (secondary N) is 1. The number of phenolic OH excluding ortho intramolecular Hbond substituents is 1. The SMILES string of the molecule is COc1cc(CC(=O)NC(CC(C)C)C(=O)O)cc(OC)c1O. The van der Waals surface area contributed by atoms with Crippen LogP contribution in [-0.4, -0.2) is 42.4 Å². The Bertz CT molecular complexity index is 545. The van der Waals surface area contributed by atoms with Gasteiger partial charge in [-0.25, -0.2) is 4.79 Å². The summed E-state index contributed by atoms with van der Waals surface area (Å²) in [5.41, 5.74) is 0.544. The van der Waals surface area contributed by atoms with Crippen molar-refractivity contribution in [2.75, 3.05) is 14.2 Å². The minimum absolute atomic E-state index is 0.0468. The Morgan fingerprint density at radius 3 is 2.09 bits per heavy atom. The van der Waals surface area contributed by atoms with Crippen molar-refractivity contribution in [3.63, 3.8) is 0 Å². The van der Waals surface area contributed by atoms with Crippen molar-refractivity contribution >= 4 is 11.9 Å². The maximum Gasteiger partial charge on any atom is 0.326 e. The van der Waals surface area contributed by atoms with Gasteiger partial charge in [-0.2, -0.15) is 0 Å². The van der Waals surface area contributed by atoms with Crippen molar-refractivity contribution in [1.82, 2.24) is 5.32 Å². The van der Waals surface area contributed by atoms with Gasteiger partial charge in [0.25, 0.3) is 0 Å². The molecule has 0 saturated heterocycles. The Morgan fingerprint density at radius 1 is 1.17 bits per heavy atom. The first-order valence-corrected chi connectivity index (χ1v) is 7.24. The fourth-order valence-electron chi connectivity index (χ4n) is 2.17. The number of carbonyl (C=O) groups is 2. The maximum absolute atomic E-state index is 12.1. The number of phenols is 1. The number of methoxy groups -OCH3 is 2. The lowest BCUT2D eigenvalue weighted by atomic mass is 10.0. The van der Waals surface area contributed by atoms with Crippen molar-refractivity contribution in [3.05, 3.63) is 17.7 Å². The molecule has 23 heavy (non-hydrogen) atoms. The molecule has 1 atom stereocenters. The van der Waals surface area contributed by atoms with Gasteiger partial charge in [-0.1, -0.05) is 13.8 Å². The van der Waals surface area contributed by atoms with Crippen LogP contribution < -0.4 is 14.8 Å². The van der Waals surface area contributed by atoms with Gasteiger partial charge >= 0.3 is 5.97 Å². The first kappa shape index (κ1) is 18.6. The fraction of sp³-hybridized carbons (Fsp3) is 0.500. The molecule has 1 aromatic carbocycles. The molecule has 7 heteroatoms. The lowest BCUT2D eigenvalue weighted by Crippen LogP contribution is -2.42. The molecule has 0 bridgehead atoms. The van der Waals surface area contributed by atoms with E-state index in [1.807, 2.05) is 13.8 Å². The highest BCUT2D eigenvalue weighted by atomic mass is 16.5. The van der Waals surface area contributed by atoms with E-state index < -0.39 is 17.9 Å². The van der Waals surface area contributed by atoms with E-state index in [-0.39, 0.29) is 29.6 Å². The molecule has 0 fully saturated rings. The van der Waals surface area contributed by atoms with Crippen molar-refractivity contribution in [2.24, 2.45) is 5.92 Å². The second-order valence-electron chi connectivity index (χ2n) is 5.61. The molecule has 128 valence electrons. The van der Waals surface area contributed by atoms with Crippen LogP contribution in [0.3, 0.4) is 0 Å². The predicted octanol–water partition coefficient (Wildman–Crippen LogP) is 1.57. The minimum Gasteiger partial charge on any atom is -0.502 e. The normalized spacial score (nSPS) is 11.9. The molecule has 1 rings (SSSR count). The highest BCUT2D eigenvalue weighted by Gasteiger charge is 2.21. The third-order valence-corrected chi connectivity index (χ3v) is 3.24. The van der Waals surface area contributed by atoms with Crippen LogP contribution in [0.4, 0.5) is 0 Å². The summed E-state index contributed by atoms with van der Waals surface area (Å²) in [6.45, 7) is 3.77. The number of amides is 1. The summed E-state index contributed by atoms with van der Waals surface area (Å²) >= 11 is 0. The molecule has 0 aliphatic rings. The minimum atomic E-state index is -1.06. The first-order chi connectivity index (χ1) is 10.8. The van der Waals surface area contributed by atoms with Gasteiger partial charge in [0.05, 0.1) is 20.6 Å². The summed E-state index contributed by atoms with van der Waals surface area (Å²) in [6.07, 6.45) is 0.304. The number of carboxylic acid groups (broad SMARTS) is 1. The van der Waals surface area contributed by atoms with Gasteiger partial charge in [0.15, 0.2) is 11.5 Å². The predicted molar refractivity (Wildman–Crippen MR) is 83.9 cm³/mol. The van der Waals surface area contributed by atoms with Gasteiger partial charge in [0, 0.05) is 0 Å². The Kier molecular flexibility index (Phi) is 6.68. The van der Waals surface area contributed by atoms with Gasteiger partial charge in [0.2, 0.25) is 11.7 Å². The van der Waals surface area contributed by atoms with Crippen LogP contribution in [0.15, 0.2) is 12.1 Å². The van der Waals surface area contributed by atoms with Crippen molar-refractivity contribution < 1.29 is 29.3 Å². The van der Waals surface area contributed by atoms with Crippen LogP contribution in [0.1, 0.15) is 25.8 Å². The first-order valence-electron chi connectivity index (χ1n) is 7.24. The van der Waals surface area contributed by atoms with Crippen molar-refractivity contribution in [3.8, 4) is 17.2 Å². The van der Waals surface area contributed by atoms with Crippen molar-refractivity contribution in [1.29, 1.82) is 0 Å². The standard InChI is InChI=1S/C16H23NO6/c1-9(2)5-11(16(20)21)17-14(18)8-10-6-12(22-3)15(19)13(7-10)23-4/h6-7,9,11,19H,5,8H2,1-4H3,(H,17,18)(H,20,21). The monoisotopic (exact) mass is 325 g/mol. The summed E-state index contributed by atoms with van der Waals surface area (Å²) in [5, 5.41) is 21.5. The van der Waals surface area contributed by atoms with E-state index in [0.29, 0.717) is 12.0 Å². The summed E-state index contributed by atoms with van der Waals surface area (Å²) in [7, 11) is 2.78. The number of hydrogen-bond acceptors (Lipinski definition) is 5. The number of carboxylic acids is 1. The van der Waals surface area contributed by atoms with E-state index in [2.05, 4.69) is 5.32 Å². The summed E-state index contributed by atoms with van der Waals surface area (Å²) < 4.78 is 10.1. The second kappa shape index (κ2) is 8.26. The lowest BCUT2D eigenvalue weighted by Gasteiger charge is -2.17. The lowest BCUT2D eigenvalue weighted by molar-refractivity contribution is -0.142. The molecule has 3 N–H and O–H groups in total. The zero-order chi connectivity index (χ0) is 17.6. The maximum atomic E-state index is 12.1. The Hall–Kier alpha value is -2.44. The third-order valence-electron chi connectivity index (χ3n) is 3.24. The molecule has 7 nitrogen and oxygen atoms in total. The van der Waals surface area contributed by atoms with Crippen LogP contribution >= 0.6 is 0 Å². The van der Waals surface area contributed by atoms with Crippen LogP contribution in [0.25, 0.3) is 0 Å². The van der Waals surface area contributed by atoms with Crippen LogP contribution in [0.5, 0.6) is 17.2 Å². The number of rotatable bonds is 8. The Balaban J connectivity index is 2.86. The molecule has 0 heterocycles.